The molecule has 1 aliphatic heterocycles. The van der Waals surface area contributed by atoms with Gasteiger partial charge in [-0.3, -0.25) is 19.3 Å². The van der Waals surface area contributed by atoms with Gasteiger partial charge in [0.05, 0.1) is 11.7 Å². The lowest BCUT2D eigenvalue weighted by Gasteiger charge is -2.27. The minimum Gasteiger partial charge on any atom is -0.488 e. The van der Waals surface area contributed by atoms with Crippen molar-refractivity contribution in [3.8, 4) is 5.75 Å². The molecule has 2 aromatic carbocycles. The molecule has 0 bridgehead atoms. The van der Waals surface area contributed by atoms with E-state index >= 15 is 0 Å². The van der Waals surface area contributed by atoms with Gasteiger partial charge >= 0.3 is 0 Å². The van der Waals surface area contributed by atoms with Crippen LogP contribution in [0.3, 0.4) is 0 Å². The molecule has 7 heteroatoms. The Balaban J connectivity index is 1.78. The highest BCUT2D eigenvalue weighted by atomic mass is 16.5. The standard InChI is InChI=1S/C29H31N3O4/c1-17(2)19-8-10-21(11-9-19)26(33)24-25(20-12-14-22(15-13-20)36-29(4,5)6)32(28(35)27(24)34)23-16-7-18(3)30-31-23/h7-17,24-25H,1-6H3. The van der Waals surface area contributed by atoms with E-state index in [4.69, 9.17) is 4.74 Å². The molecule has 1 fully saturated rings. The summed E-state index contributed by atoms with van der Waals surface area (Å²) in [5.41, 5.74) is 2.40. The Morgan fingerprint density at radius 1 is 0.917 bits per heavy atom. The number of hydrogen-bond donors (Lipinski definition) is 0. The van der Waals surface area contributed by atoms with Crippen LogP contribution in [-0.4, -0.2) is 33.3 Å². The Morgan fingerprint density at radius 3 is 2.08 bits per heavy atom. The number of anilines is 1. The molecule has 0 spiro atoms. The molecule has 0 saturated carbocycles. The van der Waals surface area contributed by atoms with Gasteiger partial charge in [0, 0.05) is 5.56 Å². The van der Waals surface area contributed by atoms with Crippen molar-refractivity contribution in [2.24, 2.45) is 5.92 Å². The molecule has 0 N–H and O–H groups in total. The summed E-state index contributed by atoms with van der Waals surface area (Å²) in [4.78, 5) is 41.5. The van der Waals surface area contributed by atoms with Gasteiger partial charge in [-0.1, -0.05) is 50.2 Å². The molecular weight excluding hydrogens is 454 g/mol. The van der Waals surface area contributed by atoms with Crippen molar-refractivity contribution >= 4 is 23.3 Å². The van der Waals surface area contributed by atoms with Gasteiger partial charge in [0.2, 0.25) is 5.78 Å². The first-order valence-corrected chi connectivity index (χ1v) is 12.1. The van der Waals surface area contributed by atoms with E-state index in [9.17, 15) is 14.4 Å². The van der Waals surface area contributed by atoms with Crippen LogP contribution in [0.25, 0.3) is 0 Å². The minimum absolute atomic E-state index is 0.226. The van der Waals surface area contributed by atoms with Crippen molar-refractivity contribution in [2.45, 2.75) is 59.1 Å². The van der Waals surface area contributed by atoms with E-state index in [0.29, 0.717) is 28.5 Å². The number of ether oxygens (including phenoxy) is 1. The average Bonchev–Trinajstić information content (AvgIpc) is 3.09. The Bertz CT molecular complexity index is 1270. The van der Waals surface area contributed by atoms with Gasteiger partial charge < -0.3 is 4.74 Å². The number of carbonyl (C=O) groups excluding carboxylic acids is 3. The summed E-state index contributed by atoms with van der Waals surface area (Å²) in [6.45, 7) is 11.8. The predicted molar refractivity (Wildman–Crippen MR) is 137 cm³/mol. The zero-order valence-electron chi connectivity index (χ0n) is 21.5. The largest absolute Gasteiger partial charge is 0.488 e. The summed E-state index contributed by atoms with van der Waals surface area (Å²) in [5, 5.41) is 8.21. The van der Waals surface area contributed by atoms with E-state index < -0.39 is 29.4 Å². The highest BCUT2D eigenvalue weighted by Crippen LogP contribution is 2.41. The number of Topliss-reactive ketones (excluding diaryl/α,β-unsaturated/α-hetero) is 2. The molecular formula is C29H31N3O4. The Morgan fingerprint density at radius 2 is 1.56 bits per heavy atom. The number of nitrogens with zero attached hydrogens (tertiary/aromatic N) is 3. The van der Waals surface area contributed by atoms with Crippen LogP contribution in [0.1, 0.15) is 73.8 Å². The Labute approximate surface area is 211 Å². The molecule has 186 valence electrons. The fraction of sp³-hybridized carbons (Fsp3) is 0.345. The lowest BCUT2D eigenvalue weighted by atomic mass is 9.85. The fourth-order valence-electron chi connectivity index (χ4n) is 4.34. The Hall–Kier alpha value is -3.87. The molecule has 36 heavy (non-hydrogen) atoms. The summed E-state index contributed by atoms with van der Waals surface area (Å²) in [5.74, 6) is -1.95. The zero-order valence-corrected chi connectivity index (χ0v) is 21.5. The molecule has 7 nitrogen and oxygen atoms in total. The van der Waals surface area contributed by atoms with Crippen LogP contribution in [0.5, 0.6) is 5.75 Å². The van der Waals surface area contributed by atoms with Crippen molar-refractivity contribution in [3.63, 3.8) is 0 Å². The lowest BCUT2D eigenvalue weighted by molar-refractivity contribution is -0.135. The highest BCUT2D eigenvalue weighted by molar-refractivity contribution is 6.48. The van der Waals surface area contributed by atoms with Crippen LogP contribution < -0.4 is 9.64 Å². The number of aryl methyl sites for hydroxylation is 1. The smallest absolute Gasteiger partial charge is 0.297 e. The van der Waals surface area contributed by atoms with Crippen LogP contribution in [0.4, 0.5) is 5.82 Å². The van der Waals surface area contributed by atoms with Crippen molar-refractivity contribution in [3.05, 3.63) is 83.0 Å². The maximum atomic E-state index is 13.7. The van der Waals surface area contributed by atoms with Crippen LogP contribution in [-0.2, 0) is 9.59 Å². The number of aromatic nitrogens is 2. The van der Waals surface area contributed by atoms with Gasteiger partial charge in [-0.15, -0.1) is 5.10 Å². The van der Waals surface area contributed by atoms with Gasteiger partial charge in [0.1, 0.15) is 17.3 Å². The van der Waals surface area contributed by atoms with Gasteiger partial charge in [-0.25, -0.2) is 0 Å². The second-order valence-corrected chi connectivity index (χ2v) is 10.4. The summed E-state index contributed by atoms with van der Waals surface area (Å²) in [7, 11) is 0. The quantitative estimate of drug-likeness (QED) is 0.269. The number of amides is 1. The molecule has 2 atom stereocenters. The van der Waals surface area contributed by atoms with Gasteiger partial charge in [-0.2, -0.15) is 5.10 Å². The lowest BCUT2D eigenvalue weighted by Crippen LogP contribution is -2.31. The summed E-state index contributed by atoms with van der Waals surface area (Å²) >= 11 is 0. The van der Waals surface area contributed by atoms with Crippen LogP contribution in [0.15, 0.2) is 60.7 Å². The molecule has 1 saturated heterocycles. The second kappa shape index (κ2) is 9.64. The predicted octanol–water partition coefficient (Wildman–Crippen LogP) is 5.24. The van der Waals surface area contributed by atoms with E-state index in [1.165, 1.54) is 4.90 Å². The third kappa shape index (κ3) is 5.05. The summed E-state index contributed by atoms with van der Waals surface area (Å²) in [6, 6.07) is 16.9. The van der Waals surface area contributed by atoms with Crippen LogP contribution >= 0.6 is 0 Å². The molecule has 2 unspecified atom stereocenters. The molecule has 0 radical (unpaired) electrons. The second-order valence-electron chi connectivity index (χ2n) is 10.4. The zero-order chi connectivity index (χ0) is 26.2. The maximum absolute atomic E-state index is 13.7. The van der Waals surface area contributed by atoms with Crippen molar-refractivity contribution < 1.29 is 19.1 Å². The molecule has 3 aromatic rings. The van der Waals surface area contributed by atoms with E-state index in [0.717, 1.165) is 5.56 Å². The van der Waals surface area contributed by atoms with Crippen LogP contribution in [0, 0.1) is 12.8 Å². The third-order valence-corrected chi connectivity index (χ3v) is 6.13. The van der Waals surface area contributed by atoms with E-state index in [2.05, 4.69) is 24.0 Å². The van der Waals surface area contributed by atoms with Crippen LogP contribution in [0.2, 0.25) is 0 Å². The molecule has 4 rings (SSSR count). The Kier molecular flexibility index (Phi) is 6.76. The van der Waals surface area contributed by atoms with Gasteiger partial charge in [-0.05, 0) is 69.0 Å². The first kappa shape index (κ1) is 25.2. The minimum atomic E-state index is -1.21. The average molecular weight is 486 g/mol. The number of benzene rings is 2. The fourth-order valence-corrected chi connectivity index (χ4v) is 4.34. The third-order valence-electron chi connectivity index (χ3n) is 6.13. The van der Waals surface area contributed by atoms with Crippen molar-refractivity contribution in [1.29, 1.82) is 0 Å². The van der Waals surface area contributed by atoms with E-state index in [-0.39, 0.29) is 11.4 Å². The van der Waals surface area contributed by atoms with Gasteiger partial charge in [0.15, 0.2) is 11.6 Å². The van der Waals surface area contributed by atoms with E-state index in [1.54, 1.807) is 55.5 Å². The number of hydrogen-bond acceptors (Lipinski definition) is 6. The molecule has 0 aliphatic carbocycles. The first-order valence-electron chi connectivity index (χ1n) is 12.1. The molecule has 2 heterocycles. The van der Waals surface area contributed by atoms with E-state index in [1.807, 2.05) is 32.9 Å². The normalized spacial score (nSPS) is 18.1. The highest BCUT2D eigenvalue weighted by Gasteiger charge is 2.52. The number of rotatable bonds is 6. The molecule has 1 amide bonds. The number of carbonyl (C=O) groups is 3. The van der Waals surface area contributed by atoms with Gasteiger partial charge in [0.25, 0.3) is 5.91 Å². The maximum Gasteiger partial charge on any atom is 0.297 e. The monoisotopic (exact) mass is 485 g/mol. The SMILES string of the molecule is Cc1ccc(N2C(=O)C(=O)C(C(=O)c3ccc(C(C)C)cc3)C2c2ccc(OC(C)(C)C)cc2)nn1. The number of ketones is 2. The molecule has 1 aliphatic rings. The topological polar surface area (TPSA) is 89.5 Å². The van der Waals surface area contributed by atoms with Crippen molar-refractivity contribution in [2.75, 3.05) is 4.90 Å². The summed E-state index contributed by atoms with van der Waals surface area (Å²) in [6.07, 6.45) is 0. The summed E-state index contributed by atoms with van der Waals surface area (Å²) < 4.78 is 5.92. The molecule has 1 aromatic heterocycles. The van der Waals surface area contributed by atoms with Crippen molar-refractivity contribution in [1.82, 2.24) is 10.2 Å². The first-order chi connectivity index (χ1) is 17.0.